The number of nitrogens with zero attached hydrogens (tertiary/aromatic N) is 3. The minimum absolute atomic E-state index is 0.188. The van der Waals surface area contributed by atoms with Crippen LogP contribution < -0.4 is 9.30 Å². The van der Waals surface area contributed by atoms with Crippen molar-refractivity contribution in [3.05, 3.63) is 96.1 Å². The zero-order valence-electron chi connectivity index (χ0n) is 23.6. The zero-order chi connectivity index (χ0) is 28.6. The van der Waals surface area contributed by atoms with Gasteiger partial charge in [0.25, 0.3) is 11.8 Å². The summed E-state index contributed by atoms with van der Waals surface area (Å²) in [6.07, 6.45) is 5.66. The molecular weight excluding hydrogens is 514 g/mol. The van der Waals surface area contributed by atoms with Gasteiger partial charge in [-0.2, -0.15) is 4.57 Å². The molecule has 0 spiro atoms. The molecule has 208 valence electrons. The number of amides is 2. The average Bonchev–Trinajstić information content (AvgIpc) is 3.30. The van der Waals surface area contributed by atoms with Gasteiger partial charge in [0.1, 0.15) is 12.8 Å². The average molecular weight is 550 g/mol. The predicted molar refractivity (Wildman–Crippen MR) is 157 cm³/mol. The molecule has 0 atom stereocenters. The first kappa shape index (κ1) is 26.8. The minimum atomic E-state index is -0.361. The summed E-state index contributed by atoms with van der Waals surface area (Å²) in [6, 6.07) is 23.7. The van der Waals surface area contributed by atoms with Crippen molar-refractivity contribution in [2.45, 2.75) is 19.3 Å². The number of aryl methyl sites for hydroxylation is 1. The van der Waals surface area contributed by atoms with Crippen LogP contribution >= 0.6 is 0 Å². The lowest BCUT2D eigenvalue weighted by atomic mass is 9.94. The van der Waals surface area contributed by atoms with Gasteiger partial charge in [-0.05, 0) is 35.7 Å². The maximum atomic E-state index is 13.5. The Kier molecular flexibility index (Phi) is 7.14. The van der Waals surface area contributed by atoms with Crippen molar-refractivity contribution in [2.75, 3.05) is 33.2 Å². The number of fused-ring (bicyclic) bond motifs is 2. The molecule has 2 aliphatic heterocycles. The first-order chi connectivity index (χ1) is 19.8. The third-order valence-electron chi connectivity index (χ3n) is 8.84. The van der Waals surface area contributed by atoms with Crippen molar-refractivity contribution in [3.63, 3.8) is 0 Å². The molecule has 0 N–H and O–H groups in total. The number of likely N-dealkylation sites (N-methyl/N-ethyl adjacent to an activating group) is 1. The van der Waals surface area contributed by atoms with Crippen LogP contribution in [0.15, 0.2) is 84.9 Å². The quantitative estimate of drug-likeness (QED) is 0.0858. The third kappa shape index (κ3) is 5.37. The van der Waals surface area contributed by atoms with Gasteiger partial charge in [0.05, 0.1) is 43.0 Å². The van der Waals surface area contributed by atoms with E-state index in [4.69, 9.17) is 4.74 Å². The van der Waals surface area contributed by atoms with Crippen LogP contribution in [0.5, 0.6) is 5.75 Å². The van der Waals surface area contributed by atoms with Gasteiger partial charge in [-0.1, -0.05) is 36.4 Å². The number of benzene rings is 3. The molecule has 3 aromatic carbocycles. The Hall–Kier alpha value is -4.36. The number of piperidine rings is 1. The van der Waals surface area contributed by atoms with Crippen LogP contribution in [0.4, 0.5) is 0 Å². The highest BCUT2D eigenvalue weighted by Gasteiger charge is 2.33. The Morgan fingerprint density at radius 1 is 0.878 bits per heavy atom. The first-order valence-corrected chi connectivity index (χ1v) is 14.3. The highest BCUT2D eigenvalue weighted by molar-refractivity contribution is 6.13. The maximum Gasteiger partial charge on any atom is 0.345 e. The number of esters is 1. The molecule has 0 radical (unpaired) electrons. The fourth-order valence-electron chi connectivity index (χ4n) is 6.25. The maximum absolute atomic E-state index is 13.5. The summed E-state index contributed by atoms with van der Waals surface area (Å²) >= 11 is 0. The second kappa shape index (κ2) is 10.9. The van der Waals surface area contributed by atoms with E-state index >= 15 is 0 Å². The zero-order valence-corrected chi connectivity index (χ0v) is 23.6. The van der Waals surface area contributed by atoms with Crippen LogP contribution in [0.1, 0.15) is 28.8 Å². The van der Waals surface area contributed by atoms with Gasteiger partial charge >= 0.3 is 5.97 Å². The third-order valence-corrected chi connectivity index (χ3v) is 8.84. The lowest BCUT2D eigenvalue weighted by Crippen LogP contribution is -2.52. The van der Waals surface area contributed by atoms with Crippen molar-refractivity contribution in [1.29, 1.82) is 0 Å². The second-order valence-corrected chi connectivity index (χ2v) is 11.6. The number of ether oxygens (including phenoxy) is 1. The molecule has 6 rings (SSSR count). The van der Waals surface area contributed by atoms with E-state index in [2.05, 4.69) is 11.6 Å². The molecule has 0 bridgehead atoms. The van der Waals surface area contributed by atoms with Crippen LogP contribution in [-0.4, -0.2) is 60.4 Å². The standard InChI is InChI=1S/C34H35N3O4/c1-35-29-9-5-3-7-27(29)33(28-8-4-6-10-30(28)35)34(40)41-26-13-11-24(12-14-26)17-20-37(2)21-18-25(19-22-37)23-36-31(38)15-16-32(36)39/h3-16,25H,17-23H2,1-2H3/q+2. The van der Waals surface area contributed by atoms with E-state index in [0.717, 1.165) is 65.2 Å². The Bertz CT molecular complexity index is 1610. The van der Waals surface area contributed by atoms with Crippen LogP contribution in [0, 0.1) is 5.92 Å². The SMILES string of the molecule is C[n+]1c2ccccc2c(C(=O)Oc2ccc(CC[N+]3(C)CCC(CN4C(=O)C=CC4=O)CC3)cc2)c2ccccc21. The fourth-order valence-corrected chi connectivity index (χ4v) is 6.25. The first-order valence-electron chi connectivity index (χ1n) is 14.3. The van der Waals surface area contributed by atoms with Crippen LogP contribution in [0.2, 0.25) is 0 Å². The van der Waals surface area contributed by atoms with Gasteiger partial charge in [0.15, 0.2) is 0 Å². The number of carbonyl (C=O) groups is 3. The van der Waals surface area contributed by atoms with Crippen LogP contribution in [0.3, 0.4) is 0 Å². The summed E-state index contributed by atoms with van der Waals surface area (Å²) in [7, 11) is 4.30. The molecular formula is C34H35N3O4+2. The van der Waals surface area contributed by atoms with Crippen molar-refractivity contribution in [1.82, 2.24) is 4.90 Å². The summed E-state index contributed by atoms with van der Waals surface area (Å²) < 4.78 is 8.98. The predicted octanol–water partition coefficient (Wildman–Crippen LogP) is 4.36. The van der Waals surface area contributed by atoms with E-state index in [1.54, 1.807) is 0 Å². The van der Waals surface area contributed by atoms with Crippen LogP contribution in [-0.2, 0) is 23.1 Å². The molecule has 7 nitrogen and oxygen atoms in total. The number of imide groups is 1. The number of para-hydroxylation sites is 2. The number of likely N-dealkylation sites (tertiary alicyclic amines) is 1. The summed E-state index contributed by atoms with van der Waals surface area (Å²) in [6.45, 7) is 3.59. The van der Waals surface area contributed by atoms with Gasteiger partial charge in [-0.25, -0.2) is 4.79 Å². The number of pyridine rings is 1. The van der Waals surface area contributed by atoms with E-state index in [1.165, 1.54) is 22.6 Å². The van der Waals surface area contributed by atoms with Crippen molar-refractivity contribution >= 4 is 39.6 Å². The van der Waals surface area contributed by atoms with Crippen LogP contribution in [0.25, 0.3) is 21.8 Å². The molecule has 2 aliphatic rings. The number of aromatic nitrogens is 1. The van der Waals surface area contributed by atoms with E-state index in [9.17, 15) is 14.4 Å². The minimum Gasteiger partial charge on any atom is -0.423 e. The Morgan fingerprint density at radius 3 is 2.02 bits per heavy atom. The number of quaternary nitrogens is 1. The smallest absolute Gasteiger partial charge is 0.345 e. The topological polar surface area (TPSA) is 67.6 Å². The van der Waals surface area contributed by atoms with Crippen molar-refractivity contribution in [3.8, 4) is 5.75 Å². The van der Waals surface area contributed by atoms with E-state index in [-0.39, 0.29) is 17.8 Å². The van der Waals surface area contributed by atoms with E-state index in [1.807, 2.05) is 79.8 Å². The summed E-state index contributed by atoms with van der Waals surface area (Å²) in [5.41, 5.74) is 3.73. The molecule has 0 unspecified atom stereocenters. The summed E-state index contributed by atoms with van der Waals surface area (Å²) in [4.78, 5) is 38.7. The van der Waals surface area contributed by atoms with E-state index < -0.39 is 0 Å². The largest absolute Gasteiger partial charge is 0.423 e. The monoisotopic (exact) mass is 549 g/mol. The van der Waals surface area contributed by atoms with Gasteiger partial charge in [-0.15, -0.1) is 0 Å². The normalized spacial score (nSPS) is 20.7. The molecule has 4 aromatic rings. The molecule has 1 aromatic heterocycles. The molecule has 41 heavy (non-hydrogen) atoms. The molecule has 0 aliphatic carbocycles. The Balaban J connectivity index is 1.08. The van der Waals surface area contributed by atoms with Crippen molar-refractivity contribution < 1.29 is 28.2 Å². The van der Waals surface area contributed by atoms with E-state index in [0.29, 0.717) is 23.8 Å². The highest BCUT2D eigenvalue weighted by atomic mass is 16.5. The summed E-state index contributed by atoms with van der Waals surface area (Å²) in [5.74, 6) is 0.157. The van der Waals surface area contributed by atoms with Gasteiger partial charge in [-0.3, -0.25) is 14.5 Å². The Morgan fingerprint density at radius 2 is 1.44 bits per heavy atom. The lowest BCUT2D eigenvalue weighted by Gasteiger charge is -2.41. The Labute approximate surface area is 239 Å². The fraction of sp³-hybridized carbons (Fsp3) is 0.294. The van der Waals surface area contributed by atoms with Gasteiger partial charge in [0, 0.05) is 50.1 Å². The highest BCUT2D eigenvalue weighted by Crippen LogP contribution is 2.27. The van der Waals surface area contributed by atoms with Gasteiger partial charge in [0.2, 0.25) is 11.0 Å². The molecule has 1 fully saturated rings. The number of rotatable bonds is 7. The number of hydrogen-bond donors (Lipinski definition) is 0. The van der Waals surface area contributed by atoms with Gasteiger partial charge < -0.3 is 9.22 Å². The number of hydrogen-bond acceptors (Lipinski definition) is 4. The summed E-state index contributed by atoms with van der Waals surface area (Å²) in [5, 5.41) is 1.73. The lowest BCUT2D eigenvalue weighted by molar-refractivity contribution is -0.915. The number of carbonyl (C=O) groups excluding carboxylic acids is 3. The molecule has 7 heteroatoms. The molecule has 0 saturated carbocycles. The van der Waals surface area contributed by atoms with Crippen molar-refractivity contribution in [2.24, 2.45) is 13.0 Å². The molecule has 2 amide bonds. The molecule has 1 saturated heterocycles. The molecule has 3 heterocycles. The second-order valence-electron chi connectivity index (χ2n) is 11.6.